The van der Waals surface area contributed by atoms with Crippen LogP contribution in [0.3, 0.4) is 0 Å². The van der Waals surface area contributed by atoms with Gasteiger partial charge in [0.2, 0.25) is 34.4 Å². The Morgan fingerprint density at radius 3 is 1.36 bits per heavy atom. The monoisotopic (exact) mass is 786 g/mol. The maximum absolute atomic E-state index is 12.2. The number of likely N-dealkylation sites (N-methyl/N-ethyl adjacent to an activating group) is 2. The maximum Gasteiger partial charge on any atom is 1.00 e. The van der Waals surface area contributed by atoms with Crippen molar-refractivity contribution in [1.29, 1.82) is 0 Å². The molecule has 2 heterocycles. The van der Waals surface area contributed by atoms with Gasteiger partial charge in [-0.05, 0) is 58.6 Å². The van der Waals surface area contributed by atoms with Crippen LogP contribution in [0.5, 0.6) is 0 Å². The minimum Gasteiger partial charge on any atom is -0.744 e. The van der Waals surface area contributed by atoms with Crippen molar-refractivity contribution in [2.75, 3.05) is 60.8 Å². The van der Waals surface area contributed by atoms with Crippen LogP contribution in [0.4, 0.5) is 35.2 Å². The number of aliphatic hydroxyl groups excluding tert-OH is 2. The molecule has 18 nitrogen and oxygen atoms in total. The van der Waals surface area contributed by atoms with E-state index < -0.39 is 30.0 Å². The second-order valence-electron chi connectivity index (χ2n) is 9.74. The summed E-state index contributed by atoms with van der Waals surface area (Å²) in [5, 5.41) is 23.4. The normalized spacial score (nSPS) is 11.4. The third-order valence-electron chi connectivity index (χ3n) is 6.27. The van der Waals surface area contributed by atoms with Gasteiger partial charge in [0.05, 0.1) is 23.0 Å². The Hall–Kier alpha value is -2.28. The van der Waals surface area contributed by atoms with Crippen LogP contribution >= 0.6 is 23.2 Å². The molecular formula is C26H26Cl2N10Na2O8S2. The van der Waals surface area contributed by atoms with Crippen molar-refractivity contribution in [3.05, 3.63) is 58.1 Å². The predicted molar refractivity (Wildman–Crippen MR) is 175 cm³/mol. The SMILES string of the molecule is CN(CCO)c1nc(Cl)nc(Nc2ccc(/C=C/c3ccc(Nc4nc(Cl)nc(N(C)CCO)n4)cc3S(=O)(=O)[O-])c(S(=O)(=O)[O-])c2)n1.[Na+].[Na+]. The van der Waals surface area contributed by atoms with Crippen LogP contribution in [0.1, 0.15) is 11.1 Å². The van der Waals surface area contributed by atoms with Crippen molar-refractivity contribution in [1.82, 2.24) is 29.9 Å². The number of anilines is 6. The fourth-order valence-corrected chi connectivity index (χ4v) is 5.71. The molecule has 50 heavy (non-hydrogen) atoms. The topological polar surface area (TPSA) is 263 Å². The van der Waals surface area contributed by atoms with E-state index in [0.717, 1.165) is 24.3 Å². The second-order valence-corrected chi connectivity index (χ2v) is 13.1. The molecule has 0 amide bonds. The number of aliphatic hydroxyl groups is 2. The second kappa shape index (κ2) is 19.0. The zero-order valence-corrected chi connectivity index (χ0v) is 34.1. The van der Waals surface area contributed by atoms with Crippen LogP contribution in [0.25, 0.3) is 12.2 Å². The van der Waals surface area contributed by atoms with Gasteiger partial charge in [0, 0.05) is 38.6 Å². The number of hydrogen-bond donors (Lipinski definition) is 4. The molecule has 0 saturated heterocycles. The van der Waals surface area contributed by atoms with E-state index in [1.807, 2.05) is 0 Å². The van der Waals surface area contributed by atoms with E-state index in [1.54, 1.807) is 14.1 Å². The standard InChI is InChI=1S/C26H28Cl2N10O8S2.2Na/c1-37(9-11-39)25-33-21(27)31-23(35-25)29-17-7-5-15(19(13-17)47(41,42)43)3-4-16-6-8-18(14-20(16)48(44,45)46)30-24-32-22(28)34-26(36-24)38(2)10-12-40;;/h3-8,13-14,39-40H,9-12H2,1-2H3,(H,41,42,43)(H,44,45,46)(H,29,31,33,35)(H,30,32,34,36);;/q;2*+1/p-2/b4-3+;;. The third-order valence-corrected chi connectivity index (χ3v) is 8.39. The molecule has 4 N–H and O–H groups in total. The summed E-state index contributed by atoms with van der Waals surface area (Å²) in [6.45, 7) is -0.000537. The van der Waals surface area contributed by atoms with Crippen LogP contribution < -0.4 is 79.5 Å². The number of hydrogen-bond acceptors (Lipinski definition) is 18. The molecule has 0 bridgehead atoms. The number of benzene rings is 2. The van der Waals surface area contributed by atoms with E-state index in [0.29, 0.717) is 0 Å². The summed E-state index contributed by atoms with van der Waals surface area (Å²) < 4.78 is 73.2. The van der Waals surface area contributed by atoms with Gasteiger partial charge in [0.25, 0.3) is 0 Å². The Balaban J connectivity index is 0.00000433. The van der Waals surface area contributed by atoms with Crippen LogP contribution in [0.2, 0.25) is 10.6 Å². The number of nitrogens with one attached hydrogen (secondary N) is 2. The van der Waals surface area contributed by atoms with Crippen LogP contribution in [0.15, 0.2) is 46.2 Å². The minimum atomic E-state index is -5.08. The first kappa shape index (κ1) is 43.9. The largest absolute Gasteiger partial charge is 1.00 e. The molecule has 0 aliphatic carbocycles. The van der Waals surface area contributed by atoms with Crippen molar-refractivity contribution in [2.24, 2.45) is 0 Å². The Kier molecular flexibility index (Phi) is 16.7. The molecule has 0 saturated carbocycles. The smallest absolute Gasteiger partial charge is 0.744 e. The van der Waals surface area contributed by atoms with Gasteiger partial charge in [-0.3, -0.25) is 0 Å². The predicted octanol–water partition coefficient (Wildman–Crippen LogP) is -4.31. The summed E-state index contributed by atoms with van der Waals surface area (Å²) in [7, 11) is -6.96. The first-order chi connectivity index (χ1) is 22.6. The summed E-state index contributed by atoms with van der Waals surface area (Å²) in [4.78, 5) is 25.7. The van der Waals surface area contributed by atoms with Crippen molar-refractivity contribution in [3.8, 4) is 0 Å². The molecule has 0 fully saturated rings. The summed E-state index contributed by atoms with van der Waals surface area (Å²) >= 11 is 12.0. The van der Waals surface area contributed by atoms with E-state index >= 15 is 0 Å². The molecule has 0 atom stereocenters. The molecule has 0 unspecified atom stereocenters. The number of aromatic nitrogens is 6. The average molecular weight is 788 g/mol. The van der Waals surface area contributed by atoms with E-state index in [-0.39, 0.29) is 142 Å². The van der Waals surface area contributed by atoms with E-state index in [1.165, 1.54) is 34.1 Å². The molecule has 0 aliphatic rings. The quantitative estimate of drug-likeness (QED) is 0.0535. The molecular weight excluding hydrogens is 761 g/mol. The number of halogens is 2. The van der Waals surface area contributed by atoms with Gasteiger partial charge >= 0.3 is 59.1 Å². The van der Waals surface area contributed by atoms with Crippen molar-refractivity contribution < 1.29 is 95.3 Å². The van der Waals surface area contributed by atoms with Crippen LogP contribution in [-0.2, 0) is 20.2 Å². The Labute approximate surface area is 341 Å². The zero-order chi connectivity index (χ0) is 35.2. The first-order valence-corrected chi connectivity index (χ1v) is 17.0. The van der Waals surface area contributed by atoms with Gasteiger partial charge in [-0.2, -0.15) is 29.9 Å². The molecule has 0 radical (unpaired) electrons. The fraction of sp³-hybridized carbons (Fsp3) is 0.231. The molecule has 4 aromatic rings. The summed E-state index contributed by atoms with van der Waals surface area (Å²) in [6.07, 6.45) is 2.31. The fourth-order valence-electron chi connectivity index (χ4n) is 4.00. The van der Waals surface area contributed by atoms with Gasteiger partial charge < -0.3 is 39.8 Å². The molecule has 2 aromatic carbocycles. The van der Waals surface area contributed by atoms with Crippen molar-refractivity contribution >= 4 is 90.8 Å². The Bertz CT molecular complexity index is 1920. The van der Waals surface area contributed by atoms with Crippen molar-refractivity contribution in [2.45, 2.75) is 9.79 Å². The van der Waals surface area contributed by atoms with E-state index in [4.69, 9.17) is 33.4 Å². The van der Waals surface area contributed by atoms with Gasteiger partial charge in [0.15, 0.2) is 0 Å². The number of rotatable bonds is 14. The summed E-state index contributed by atoms with van der Waals surface area (Å²) in [5.74, 6) is 0.0552. The number of nitrogens with zero attached hydrogens (tertiary/aromatic N) is 8. The van der Waals surface area contributed by atoms with Crippen LogP contribution in [0, 0.1) is 0 Å². The molecule has 0 aliphatic heterocycles. The minimum absolute atomic E-state index is 0. The molecule has 4 rings (SSSR count). The molecule has 256 valence electrons. The van der Waals surface area contributed by atoms with E-state index in [2.05, 4.69) is 40.5 Å². The molecule has 0 spiro atoms. The first-order valence-electron chi connectivity index (χ1n) is 13.5. The average Bonchev–Trinajstić information content (AvgIpc) is 2.99. The van der Waals surface area contributed by atoms with Gasteiger partial charge in [-0.1, -0.05) is 24.3 Å². The van der Waals surface area contributed by atoms with Gasteiger partial charge in [-0.25, -0.2) is 16.8 Å². The van der Waals surface area contributed by atoms with Gasteiger partial charge in [-0.15, -0.1) is 0 Å². The zero-order valence-electron chi connectivity index (χ0n) is 26.9. The van der Waals surface area contributed by atoms with Crippen LogP contribution in [-0.4, -0.2) is 106 Å². The third kappa shape index (κ3) is 12.2. The van der Waals surface area contributed by atoms with Crippen molar-refractivity contribution in [3.63, 3.8) is 0 Å². The molecule has 24 heteroatoms. The summed E-state index contributed by atoms with van der Waals surface area (Å²) in [5.41, 5.74) is -0.0733. The molecule has 2 aromatic heterocycles. The Morgan fingerprint density at radius 2 is 1.04 bits per heavy atom. The summed E-state index contributed by atoms with van der Waals surface area (Å²) in [6, 6.07) is 7.36. The van der Waals surface area contributed by atoms with E-state index in [9.17, 15) is 25.9 Å². The Morgan fingerprint density at radius 1 is 0.680 bits per heavy atom. The van der Waals surface area contributed by atoms with Gasteiger partial charge in [0.1, 0.15) is 20.2 Å². The maximum atomic E-state index is 12.2.